The normalized spacial score (nSPS) is 13.8. The van der Waals surface area contributed by atoms with Crippen LogP contribution in [-0.2, 0) is 11.2 Å². The van der Waals surface area contributed by atoms with Crippen molar-refractivity contribution in [2.24, 2.45) is 0 Å². The zero-order valence-corrected chi connectivity index (χ0v) is 13.4. The number of aromatic amines is 1. The summed E-state index contributed by atoms with van der Waals surface area (Å²) in [6.07, 6.45) is 3.83. The number of amides is 1. The van der Waals surface area contributed by atoms with E-state index in [1.165, 1.54) is 0 Å². The van der Waals surface area contributed by atoms with E-state index in [0.717, 1.165) is 28.6 Å². The number of fused-ring (bicyclic) bond motifs is 1. The van der Waals surface area contributed by atoms with E-state index in [-0.39, 0.29) is 5.91 Å². The molecule has 22 heavy (non-hydrogen) atoms. The smallest absolute Gasteiger partial charge is 0.251 e. The number of nitrogens with one attached hydrogen (secondary N) is 2. The van der Waals surface area contributed by atoms with E-state index in [0.29, 0.717) is 19.4 Å². The van der Waals surface area contributed by atoms with Crippen molar-refractivity contribution in [1.82, 2.24) is 10.3 Å². The first kappa shape index (κ1) is 16.4. The number of aromatic nitrogens is 1. The number of hydrogen-bond donors (Lipinski definition) is 3. The fourth-order valence-electron chi connectivity index (χ4n) is 2.69. The molecule has 0 saturated heterocycles. The summed E-state index contributed by atoms with van der Waals surface area (Å²) in [4.78, 5) is 15.2. The lowest BCUT2D eigenvalue weighted by Gasteiger charge is -2.21. The van der Waals surface area contributed by atoms with Crippen LogP contribution in [0, 0.1) is 0 Å². The summed E-state index contributed by atoms with van der Waals surface area (Å²) in [6, 6.07) is 5.85. The Balaban J connectivity index is 2.02. The monoisotopic (exact) mass is 304 g/mol. The van der Waals surface area contributed by atoms with Crippen LogP contribution in [0.15, 0.2) is 24.4 Å². The van der Waals surface area contributed by atoms with Crippen molar-refractivity contribution >= 4 is 16.8 Å². The van der Waals surface area contributed by atoms with Gasteiger partial charge in [-0.3, -0.25) is 4.79 Å². The van der Waals surface area contributed by atoms with E-state index in [9.17, 15) is 9.90 Å². The first-order valence-corrected chi connectivity index (χ1v) is 7.63. The Bertz CT molecular complexity index is 646. The first-order chi connectivity index (χ1) is 10.5. The maximum atomic E-state index is 12.0. The second kappa shape index (κ2) is 6.83. The van der Waals surface area contributed by atoms with Crippen LogP contribution in [0.3, 0.4) is 0 Å². The van der Waals surface area contributed by atoms with Gasteiger partial charge in [0.05, 0.1) is 7.11 Å². The predicted molar refractivity (Wildman–Crippen MR) is 87.1 cm³/mol. The quantitative estimate of drug-likeness (QED) is 0.735. The topological polar surface area (TPSA) is 74.4 Å². The fraction of sp³-hybridized carbons (Fsp3) is 0.471. The molecule has 1 heterocycles. The molecule has 0 saturated carbocycles. The van der Waals surface area contributed by atoms with Crippen LogP contribution in [0.25, 0.3) is 10.9 Å². The maximum Gasteiger partial charge on any atom is 0.251 e. The molecule has 0 aliphatic carbocycles. The molecule has 2 rings (SSSR count). The minimum absolute atomic E-state index is 0.318. The number of aliphatic hydroxyl groups is 1. The van der Waals surface area contributed by atoms with E-state index >= 15 is 0 Å². The first-order valence-electron chi connectivity index (χ1n) is 7.63. The lowest BCUT2D eigenvalue weighted by molar-refractivity contribution is -0.138. The summed E-state index contributed by atoms with van der Waals surface area (Å²) in [5, 5.41) is 13.9. The number of methoxy groups -OCH3 is 1. The van der Waals surface area contributed by atoms with Crippen LogP contribution in [0.2, 0.25) is 0 Å². The summed E-state index contributed by atoms with van der Waals surface area (Å²) in [7, 11) is 1.65. The van der Waals surface area contributed by atoms with E-state index < -0.39 is 5.60 Å². The van der Waals surface area contributed by atoms with Gasteiger partial charge in [-0.25, -0.2) is 0 Å². The average molecular weight is 304 g/mol. The molecule has 2 aromatic rings. The number of carbonyl (C=O) groups is 1. The lowest BCUT2D eigenvalue weighted by Crippen LogP contribution is -2.44. The Morgan fingerprint density at radius 2 is 2.23 bits per heavy atom. The maximum absolute atomic E-state index is 12.0. The van der Waals surface area contributed by atoms with E-state index in [1.807, 2.05) is 31.3 Å². The highest BCUT2D eigenvalue weighted by molar-refractivity contribution is 5.89. The minimum atomic E-state index is -1.30. The zero-order chi connectivity index (χ0) is 16.2. The fourth-order valence-corrected chi connectivity index (χ4v) is 2.69. The van der Waals surface area contributed by atoms with Gasteiger partial charge in [0.1, 0.15) is 11.4 Å². The molecule has 1 aromatic carbocycles. The van der Waals surface area contributed by atoms with Crippen LogP contribution in [0.4, 0.5) is 0 Å². The van der Waals surface area contributed by atoms with E-state index in [2.05, 4.69) is 10.3 Å². The average Bonchev–Trinajstić information content (AvgIpc) is 2.90. The highest BCUT2D eigenvalue weighted by atomic mass is 16.5. The van der Waals surface area contributed by atoms with Gasteiger partial charge < -0.3 is 20.1 Å². The molecule has 1 aromatic heterocycles. The van der Waals surface area contributed by atoms with Gasteiger partial charge in [-0.05, 0) is 37.5 Å². The molecular formula is C17H24N2O3. The summed E-state index contributed by atoms with van der Waals surface area (Å²) >= 11 is 0. The second-order valence-electron chi connectivity index (χ2n) is 5.73. The molecule has 1 amide bonds. The molecule has 120 valence electrons. The number of carbonyl (C=O) groups excluding carboxylic acids is 1. The second-order valence-corrected chi connectivity index (χ2v) is 5.73. The molecule has 0 radical (unpaired) electrons. The van der Waals surface area contributed by atoms with Gasteiger partial charge in [0, 0.05) is 23.6 Å². The van der Waals surface area contributed by atoms with Crippen molar-refractivity contribution in [1.29, 1.82) is 0 Å². The van der Waals surface area contributed by atoms with E-state index in [4.69, 9.17) is 4.74 Å². The van der Waals surface area contributed by atoms with Crippen LogP contribution >= 0.6 is 0 Å². The lowest BCUT2D eigenvalue weighted by atomic mass is 9.99. The van der Waals surface area contributed by atoms with Gasteiger partial charge in [-0.1, -0.05) is 19.4 Å². The van der Waals surface area contributed by atoms with Gasteiger partial charge in [0.25, 0.3) is 5.91 Å². The Hall–Kier alpha value is -2.01. The van der Waals surface area contributed by atoms with Crippen LogP contribution in [0.1, 0.15) is 32.3 Å². The van der Waals surface area contributed by atoms with E-state index in [1.54, 1.807) is 14.0 Å². The van der Waals surface area contributed by atoms with Crippen molar-refractivity contribution in [2.45, 2.75) is 38.7 Å². The third kappa shape index (κ3) is 3.42. The molecule has 0 spiro atoms. The minimum Gasteiger partial charge on any atom is -0.496 e. The van der Waals surface area contributed by atoms with Gasteiger partial charge in [-0.2, -0.15) is 0 Å². The van der Waals surface area contributed by atoms with Crippen molar-refractivity contribution in [3.8, 4) is 5.75 Å². The summed E-state index contributed by atoms with van der Waals surface area (Å²) in [6.45, 7) is 3.98. The van der Waals surface area contributed by atoms with Crippen molar-refractivity contribution in [3.63, 3.8) is 0 Å². The van der Waals surface area contributed by atoms with Crippen LogP contribution < -0.4 is 10.1 Å². The Labute approximate surface area is 130 Å². The standard InChI is InChI=1S/C17H24N2O3/c1-4-9-17(2,21)16(20)18-10-8-12-11-19-13-6-5-7-14(22-3)15(12)13/h5-7,11,19,21H,4,8-10H2,1-3H3,(H,18,20). The third-order valence-corrected chi connectivity index (χ3v) is 3.88. The Morgan fingerprint density at radius 3 is 2.91 bits per heavy atom. The van der Waals surface area contributed by atoms with Crippen molar-refractivity contribution in [2.75, 3.05) is 13.7 Å². The number of rotatable bonds is 7. The number of ether oxygens (including phenoxy) is 1. The molecule has 0 aliphatic rings. The molecule has 0 fully saturated rings. The van der Waals surface area contributed by atoms with Gasteiger partial charge in [-0.15, -0.1) is 0 Å². The molecule has 1 unspecified atom stereocenters. The van der Waals surface area contributed by atoms with Crippen molar-refractivity contribution < 1.29 is 14.6 Å². The van der Waals surface area contributed by atoms with Crippen LogP contribution in [-0.4, -0.2) is 35.3 Å². The van der Waals surface area contributed by atoms with Gasteiger partial charge in [0.2, 0.25) is 0 Å². The summed E-state index contributed by atoms with van der Waals surface area (Å²) in [5.74, 6) is 0.499. The summed E-state index contributed by atoms with van der Waals surface area (Å²) in [5.41, 5.74) is 0.800. The molecule has 5 nitrogen and oxygen atoms in total. The molecule has 0 bridgehead atoms. The van der Waals surface area contributed by atoms with Crippen molar-refractivity contribution in [3.05, 3.63) is 30.0 Å². The largest absolute Gasteiger partial charge is 0.496 e. The van der Waals surface area contributed by atoms with Gasteiger partial charge in [0.15, 0.2) is 0 Å². The molecule has 3 N–H and O–H groups in total. The number of hydrogen-bond acceptors (Lipinski definition) is 3. The zero-order valence-electron chi connectivity index (χ0n) is 13.4. The molecular weight excluding hydrogens is 280 g/mol. The molecule has 1 atom stereocenters. The Morgan fingerprint density at radius 1 is 1.45 bits per heavy atom. The van der Waals surface area contributed by atoms with Crippen LogP contribution in [0.5, 0.6) is 5.75 Å². The molecule has 5 heteroatoms. The van der Waals surface area contributed by atoms with Gasteiger partial charge >= 0.3 is 0 Å². The number of H-pyrrole nitrogens is 1. The predicted octanol–water partition coefficient (Wildman–Crippen LogP) is 2.39. The summed E-state index contributed by atoms with van der Waals surface area (Å²) < 4.78 is 5.39. The SMILES string of the molecule is CCCC(C)(O)C(=O)NCCc1c[nH]c2cccc(OC)c12. The highest BCUT2D eigenvalue weighted by Gasteiger charge is 2.28. The molecule has 0 aliphatic heterocycles. The number of benzene rings is 1. The third-order valence-electron chi connectivity index (χ3n) is 3.88. The highest BCUT2D eigenvalue weighted by Crippen LogP contribution is 2.28. The Kier molecular flexibility index (Phi) is 5.08.